The number of aromatic nitrogens is 3. The van der Waals surface area contributed by atoms with Crippen LogP contribution in [0.15, 0.2) is 42.6 Å². The number of rotatable bonds is 4. The summed E-state index contributed by atoms with van der Waals surface area (Å²) in [6.45, 7) is 0.553. The fraction of sp³-hybridized carbons (Fsp3) is 0.143. The zero-order chi connectivity index (χ0) is 13.1. The van der Waals surface area contributed by atoms with Gasteiger partial charge in [0.2, 0.25) is 0 Å². The van der Waals surface area contributed by atoms with E-state index in [-0.39, 0.29) is 5.91 Å². The predicted molar refractivity (Wildman–Crippen MR) is 72.9 cm³/mol. The first-order chi connectivity index (χ1) is 9.33. The Morgan fingerprint density at radius 3 is 2.89 bits per heavy atom. The van der Waals surface area contributed by atoms with E-state index in [1.54, 1.807) is 18.3 Å². The van der Waals surface area contributed by atoms with Gasteiger partial charge in [0.15, 0.2) is 0 Å². The molecule has 5 heteroatoms. The molecular formula is C14H14N4O. The van der Waals surface area contributed by atoms with Crippen LogP contribution in [0.1, 0.15) is 16.3 Å². The highest BCUT2D eigenvalue weighted by Crippen LogP contribution is 2.10. The maximum absolute atomic E-state index is 11.7. The smallest absolute Gasteiger partial charge is 0.267 e. The summed E-state index contributed by atoms with van der Waals surface area (Å²) in [4.78, 5) is 22.3. The molecule has 0 saturated carbocycles. The van der Waals surface area contributed by atoms with Crippen LogP contribution in [0.5, 0.6) is 0 Å². The normalized spacial score (nSPS) is 10.7. The van der Waals surface area contributed by atoms with Crippen molar-refractivity contribution in [3.63, 3.8) is 0 Å². The van der Waals surface area contributed by atoms with Crippen LogP contribution in [-0.4, -0.2) is 27.4 Å². The van der Waals surface area contributed by atoms with Crippen molar-refractivity contribution in [2.75, 3.05) is 6.54 Å². The molecule has 0 fully saturated rings. The van der Waals surface area contributed by atoms with Gasteiger partial charge in [0.05, 0.1) is 11.0 Å². The Morgan fingerprint density at radius 2 is 2.11 bits per heavy atom. The number of aromatic amines is 2. The van der Waals surface area contributed by atoms with Gasteiger partial charge < -0.3 is 15.3 Å². The molecule has 0 aliphatic heterocycles. The molecule has 19 heavy (non-hydrogen) atoms. The largest absolute Gasteiger partial charge is 0.357 e. The van der Waals surface area contributed by atoms with E-state index >= 15 is 0 Å². The van der Waals surface area contributed by atoms with Gasteiger partial charge in [-0.25, -0.2) is 4.98 Å². The van der Waals surface area contributed by atoms with Crippen molar-refractivity contribution in [2.24, 2.45) is 0 Å². The van der Waals surface area contributed by atoms with Crippen LogP contribution in [0, 0.1) is 0 Å². The number of benzene rings is 1. The highest BCUT2D eigenvalue weighted by Gasteiger charge is 2.06. The van der Waals surface area contributed by atoms with E-state index in [9.17, 15) is 4.79 Å². The molecule has 1 aromatic carbocycles. The van der Waals surface area contributed by atoms with Crippen LogP contribution in [0.2, 0.25) is 0 Å². The number of fused-ring (bicyclic) bond motifs is 1. The summed E-state index contributed by atoms with van der Waals surface area (Å²) in [6, 6.07) is 11.4. The van der Waals surface area contributed by atoms with E-state index in [1.807, 2.05) is 24.3 Å². The molecule has 0 aliphatic rings. The summed E-state index contributed by atoms with van der Waals surface area (Å²) in [5.41, 5.74) is 2.55. The number of H-pyrrole nitrogens is 2. The van der Waals surface area contributed by atoms with Gasteiger partial charge in [-0.15, -0.1) is 0 Å². The Labute approximate surface area is 110 Å². The molecule has 2 heterocycles. The van der Waals surface area contributed by atoms with Crippen LogP contribution in [0.3, 0.4) is 0 Å². The van der Waals surface area contributed by atoms with Gasteiger partial charge in [-0.2, -0.15) is 0 Å². The summed E-state index contributed by atoms with van der Waals surface area (Å²) >= 11 is 0. The van der Waals surface area contributed by atoms with E-state index < -0.39 is 0 Å². The van der Waals surface area contributed by atoms with E-state index in [0.29, 0.717) is 18.7 Å². The Kier molecular flexibility index (Phi) is 3.02. The summed E-state index contributed by atoms with van der Waals surface area (Å²) in [5.74, 6) is 0.786. The van der Waals surface area contributed by atoms with Crippen LogP contribution in [0.4, 0.5) is 0 Å². The molecule has 0 unspecified atom stereocenters. The number of imidazole rings is 1. The lowest BCUT2D eigenvalue weighted by atomic mass is 10.3. The standard InChI is InChI=1S/C14H14N4O/c19-14(12-6-3-8-15-12)16-9-7-13-17-10-4-1-2-5-11(10)18-13/h1-6,8,15H,7,9H2,(H,16,19)(H,17,18). The average molecular weight is 254 g/mol. The number of nitrogens with one attached hydrogen (secondary N) is 3. The van der Waals surface area contributed by atoms with Gasteiger partial charge in [-0.05, 0) is 24.3 Å². The van der Waals surface area contributed by atoms with Crippen molar-refractivity contribution < 1.29 is 4.79 Å². The third-order valence-electron chi connectivity index (χ3n) is 2.93. The Hall–Kier alpha value is -2.56. The van der Waals surface area contributed by atoms with Crippen molar-refractivity contribution in [1.29, 1.82) is 0 Å². The van der Waals surface area contributed by atoms with Gasteiger partial charge in [0.1, 0.15) is 11.5 Å². The molecule has 0 bridgehead atoms. The molecule has 1 amide bonds. The van der Waals surface area contributed by atoms with Crippen LogP contribution in [-0.2, 0) is 6.42 Å². The highest BCUT2D eigenvalue weighted by atomic mass is 16.1. The average Bonchev–Trinajstić information content (AvgIpc) is 3.07. The fourth-order valence-corrected chi connectivity index (χ4v) is 1.99. The molecule has 0 atom stereocenters. The van der Waals surface area contributed by atoms with Gasteiger partial charge >= 0.3 is 0 Å². The van der Waals surface area contributed by atoms with Crippen molar-refractivity contribution in [1.82, 2.24) is 20.3 Å². The lowest BCUT2D eigenvalue weighted by Gasteiger charge is -2.01. The van der Waals surface area contributed by atoms with Crippen molar-refractivity contribution in [3.05, 3.63) is 54.1 Å². The first-order valence-corrected chi connectivity index (χ1v) is 6.18. The second kappa shape index (κ2) is 4.97. The quantitative estimate of drug-likeness (QED) is 0.665. The monoisotopic (exact) mass is 254 g/mol. The summed E-state index contributed by atoms with van der Waals surface area (Å²) in [6.07, 6.45) is 2.41. The summed E-state index contributed by atoms with van der Waals surface area (Å²) in [7, 11) is 0. The number of carbonyl (C=O) groups is 1. The second-order valence-corrected chi connectivity index (χ2v) is 4.29. The third-order valence-corrected chi connectivity index (χ3v) is 2.93. The number of amides is 1. The third kappa shape index (κ3) is 2.49. The number of hydrogen-bond donors (Lipinski definition) is 3. The minimum Gasteiger partial charge on any atom is -0.357 e. The van der Waals surface area contributed by atoms with Crippen LogP contribution >= 0.6 is 0 Å². The SMILES string of the molecule is O=C(NCCc1nc2ccccc2[nH]1)c1ccc[nH]1. The predicted octanol–water partition coefficient (Wildman–Crippen LogP) is 1.86. The molecule has 96 valence electrons. The van der Waals surface area contributed by atoms with E-state index in [2.05, 4.69) is 20.3 Å². The first kappa shape index (κ1) is 11.5. The molecule has 2 aromatic heterocycles. The van der Waals surface area contributed by atoms with Gasteiger partial charge in [-0.3, -0.25) is 4.79 Å². The number of hydrogen-bond acceptors (Lipinski definition) is 2. The minimum absolute atomic E-state index is 0.0962. The number of nitrogens with zero attached hydrogens (tertiary/aromatic N) is 1. The topological polar surface area (TPSA) is 73.6 Å². The second-order valence-electron chi connectivity index (χ2n) is 4.29. The molecule has 3 rings (SSSR count). The highest BCUT2D eigenvalue weighted by molar-refractivity contribution is 5.92. The minimum atomic E-state index is -0.0962. The fourth-order valence-electron chi connectivity index (χ4n) is 1.99. The Balaban J connectivity index is 1.59. The zero-order valence-corrected chi connectivity index (χ0v) is 10.3. The molecule has 0 radical (unpaired) electrons. The Morgan fingerprint density at radius 1 is 1.21 bits per heavy atom. The van der Waals surface area contributed by atoms with Crippen molar-refractivity contribution in [2.45, 2.75) is 6.42 Å². The van der Waals surface area contributed by atoms with E-state index in [0.717, 1.165) is 16.9 Å². The summed E-state index contributed by atoms with van der Waals surface area (Å²) < 4.78 is 0. The lowest BCUT2D eigenvalue weighted by molar-refractivity contribution is 0.0949. The molecule has 3 N–H and O–H groups in total. The number of carbonyl (C=O) groups excluding carboxylic acids is 1. The molecule has 0 aliphatic carbocycles. The zero-order valence-electron chi connectivity index (χ0n) is 10.3. The van der Waals surface area contributed by atoms with E-state index in [4.69, 9.17) is 0 Å². The summed E-state index contributed by atoms with van der Waals surface area (Å²) in [5, 5.41) is 2.85. The van der Waals surface area contributed by atoms with Crippen LogP contribution < -0.4 is 5.32 Å². The van der Waals surface area contributed by atoms with E-state index in [1.165, 1.54) is 0 Å². The van der Waals surface area contributed by atoms with Crippen molar-refractivity contribution in [3.8, 4) is 0 Å². The molecule has 5 nitrogen and oxygen atoms in total. The maximum atomic E-state index is 11.7. The van der Waals surface area contributed by atoms with Crippen LogP contribution in [0.25, 0.3) is 11.0 Å². The Bertz CT molecular complexity index is 651. The maximum Gasteiger partial charge on any atom is 0.267 e. The molecule has 3 aromatic rings. The molecule has 0 spiro atoms. The van der Waals surface area contributed by atoms with Gasteiger partial charge in [-0.1, -0.05) is 12.1 Å². The van der Waals surface area contributed by atoms with Gasteiger partial charge in [0.25, 0.3) is 5.91 Å². The lowest BCUT2D eigenvalue weighted by Crippen LogP contribution is -2.26. The molecule has 0 saturated heterocycles. The first-order valence-electron chi connectivity index (χ1n) is 6.18. The molecular weight excluding hydrogens is 240 g/mol. The number of para-hydroxylation sites is 2. The van der Waals surface area contributed by atoms with Gasteiger partial charge in [0, 0.05) is 19.2 Å². The van der Waals surface area contributed by atoms with Crippen molar-refractivity contribution >= 4 is 16.9 Å².